The Bertz CT molecular complexity index is 887. The number of piperidine rings is 1. The van der Waals surface area contributed by atoms with E-state index in [0.29, 0.717) is 0 Å². The Morgan fingerprint density at radius 2 is 1.75 bits per heavy atom. The molecule has 1 aromatic heterocycles. The number of aromatic nitrogens is 2. The summed E-state index contributed by atoms with van der Waals surface area (Å²) in [7, 11) is 2.21. The lowest BCUT2D eigenvalue weighted by Crippen LogP contribution is -2.38. The third-order valence-electron chi connectivity index (χ3n) is 5.68. The highest BCUT2D eigenvalue weighted by molar-refractivity contribution is 6.30. The third-order valence-corrected chi connectivity index (χ3v) is 5.93. The molecule has 0 spiro atoms. The topological polar surface area (TPSA) is 45.4 Å². The molecule has 5 nitrogen and oxygen atoms in total. The van der Waals surface area contributed by atoms with Crippen molar-refractivity contribution in [1.82, 2.24) is 20.1 Å². The Morgan fingerprint density at radius 3 is 2.54 bits per heavy atom. The highest BCUT2D eigenvalue weighted by Gasteiger charge is 2.20. The first-order valence-corrected chi connectivity index (χ1v) is 10.4. The molecule has 0 unspecified atom stereocenters. The van der Waals surface area contributed by atoms with E-state index in [2.05, 4.69) is 51.4 Å². The van der Waals surface area contributed by atoms with Crippen LogP contribution in [-0.2, 0) is 13.0 Å². The predicted molar refractivity (Wildman–Crippen MR) is 112 cm³/mol. The molecule has 1 aliphatic heterocycles. The number of benzene rings is 2. The highest BCUT2D eigenvalue weighted by atomic mass is 35.5. The van der Waals surface area contributed by atoms with Crippen LogP contribution in [0.3, 0.4) is 0 Å². The first kappa shape index (κ1) is 19.4. The van der Waals surface area contributed by atoms with Crippen LogP contribution in [0.1, 0.15) is 24.0 Å². The monoisotopic (exact) mass is 398 g/mol. The molecule has 1 aliphatic rings. The van der Waals surface area contributed by atoms with E-state index in [1.807, 2.05) is 18.2 Å². The average molecular weight is 399 g/mol. The molecule has 2 heterocycles. The predicted octanol–water partition coefficient (Wildman–Crippen LogP) is 4.26. The summed E-state index contributed by atoms with van der Waals surface area (Å²) in [4.78, 5) is 5.01. The van der Waals surface area contributed by atoms with Gasteiger partial charge < -0.3 is 9.80 Å². The van der Waals surface area contributed by atoms with Crippen molar-refractivity contribution in [3.8, 4) is 0 Å². The van der Waals surface area contributed by atoms with Crippen LogP contribution in [0, 0.1) is 5.92 Å². The summed E-state index contributed by atoms with van der Waals surface area (Å²) in [5.74, 6) is 0.772. The lowest BCUT2D eigenvalue weighted by atomic mass is 9.95. The van der Waals surface area contributed by atoms with Gasteiger partial charge in [-0.3, -0.25) is 0 Å². The fraction of sp³-hybridized carbons (Fsp3) is 0.455. The van der Waals surface area contributed by atoms with Gasteiger partial charge in [-0.05, 0) is 91.0 Å². The van der Waals surface area contributed by atoms with Crippen LogP contribution in [0.5, 0.6) is 0 Å². The van der Waals surface area contributed by atoms with E-state index in [1.165, 1.54) is 37.1 Å². The number of halogens is 1. The quantitative estimate of drug-likeness (QED) is 0.595. The van der Waals surface area contributed by atoms with Gasteiger partial charge in [0, 0.05) is 24.7 Å². The molecule has 6 heteroatoms. The molecule has 28 heavy (non-hydrogen) atoms. The standard InChI is InChI=1S/C22H27ClN4O/c1-26(16-19-4-7-21-22(14-19)25-28-24-21)15-18-9-12-27(13-10-18)11-8-17-2-5-20(23)6-3-17/h2-7,14,18H,8-13,15-16H2,1H3. The Kier molecular flexibility index (Phi) is 6.25. The van der Waals surface area contributed by atoms with E-state index in [9.17, 15) is 0 Å². The summed E-state index contributed by atoms with van der Waals surface area (Å²) in [5.41, 5.74) is 4.27. The Labute approximate surface area is 171 Å². The second-order valence-corrected chi connectivity index (χ2v) is 8.38. The number of nitrogens with zero attached hydrogens (tertiary/aromatic N) is 4. The number of hydrogen-bond acceptors (Lipinski definition) is 5. The van der Waals surface area contributed by atoms with E-state index < -0.39 is 0 Å². The molecule has 0 amide bonds. The molecule has 148 valence electrons. The molecule has 0 bridgehead atoms. The zero-order valence-corrected chi connectivity index (χ0v) is 17.1. The summed E-state index contributed by atoms with van der Waals surface area (Å²) in [6, 6.07) is 14.4. The zero-order chi connectivity index (χ0) is 19.3. The van der Waals surface area contributed by atoms with Crippen LogP contribution in [0.25, 0.3) is 11.0 Å². The van der Waals surface area contributed by atoms with Gasteiger partial charge in [-0.2, -0.15) is 0 Å². The average Bonchev–Trinajstić information content (AvgIpc) is 3.16. The minimum Gasteiger partial charge on any atom is -0.303 e. The van der Waals surface area contributed by atoms with Gasteiger partial charge in [0.05, 0.1) is 0 Å². The Balaban J connectivity index is 1.19. The smallest absolute Gasteiger partial charge is 0.135 e. The van der Waals surface area contributed by atoms with E-state index in [1.54, 1.807) is 0 Å². The molecule has 0 N–H and O–H groups in total. The lowest BCUT2D eigenvalue weighted by Gasteiger charge is -2.34. The molecule has 2 aromatic carbocycles. The maximum absolute atomic E-state index is 5.97. The summed E-state index contributed by atoms with van der Waals surface area (Å²) >= 11 is 5.97. The molecule has 0 aliphatic carbocycles. The summed E-state index contributed by atoms with van der Waals surface area (Å²) in [6.45, 7) is 5.60. The molecule has 0 radical (unpaired) electrons. The van der Waals surface area contributed by atoms with Gasteiger partial charge in [-0.1, -0.05) is 29.8 Å². The zero-order valence-electron chi connectivity index (χ0n) is 16.4. The second-order valence-electron chi connectivity index (χ2n) is 7.95. The molecule has 1 fully saturated rings. The van der Waals surface area contributed by atoms with Crippen LogP contribution in [0.4, 0.5) is 0 Å². The van der Waals surface area contributed by atoms with Crippen molar-refractivity contribution in [3.63, 3.8) is 0 Å². The van der Waals surface area contributed by atoms with E-state index >= 15 is 0 Å². The molecule has 1 saturated heterocycles. The molecule has 0 atom stereocenters. The van der Waals surface area contributed by atoms with Gasteiger partial charge in [0.2, 0.25) is 0 Å². The van der Waals surface area contributed by atoms with Gasteiger partial charge in [-0.25, -0.2) is 4.63 Å². The minimum absolute atomic E-state index is 0.772. The fourth-order valence-electron chi connectivity index (χ4n) is 4.07. The fourth-order valence-corrected chi connectivity index (χ4v) is 4.20. The number of likely N-dealkylation sites (tertiary alicyclic amines) is 1. The summed E-state index contributed by atoms with van der Waals surface area (Å²) < 4.78 is 4.79. The van der Waals surface area contributed by atoms with Crippen molar-refractivity contribution < 1.29 is 4.63 Å². The molecular weight excluding hydrogens is 372 g/mol. The molecule has 0 saturated carbocycles. The van der Waals surface area contributed by atoms with Crippen LogP contribution >= 0.6 is 11.6 Å². The Morgan fingerprint density at radius 1 is 1.04 bits per heavy atom. The largest absolute Gasteiger partial charge is 0.303 e. The normalized spacial score (nSPS) is 16.2. The number of fused-ring (bicyclic) bond motifs is 1. The maximum Gasteiger partial charge on any atom is 0.135 e. The van der Waals surface area contributed by atoms with Gasteiger partial charge in [0.25, 0.3) is 0 Å². The van der Waals surface area contributed by atoms with Crippen LogP contribution < -0.4 is 0 Å². The van der Waals surface area contributed by atoms with Crippen molar-refractivity contribution in [3.05, 3.63) is 58.6 Å². The van der Waals surface area contributed by atoms with Crippen LogP contribution in [0.2, 0.25) is 5.02 Å². The van der Waals surface area contributed by atoms with E-state index in [-0.39, 0.29) is 0 Å². The highest BCUT2D eigenvalue weighted by Crippen LogP contribution is 2.20. The summed E-state index contributed by atoms with van der Waals surface area (Å²) in [6.07, 6.45) is 3.65. The summed E-state index contributed by atoms with van der Waals surface area (Å²) in [5, 5.41) is 8.62. The number of rotatable bonds is 7. The Hall–Kier alpha value is -1.95. The molecule has 3 aromatic rings. The first-order chi connectivity index (χ1) is 13.7. The molecule has 4 rings (SSSR count). The lowest BCUT2D eigenvalue weighted by molar-refractivity contribution is 0.153. The van der Waals surface area contributed by atoms with Crippen molar-refractivity contribution >= 4 is 22.6 Å². The van der Waals surface area contributed by atoms with Crippen LogP contribution in [0.15, 0.2) is 47.1 Å². The van der Waals surface area contributed by atoms with Gasteiger partial charge in [-0.15, -0.1) is 0 Å². The van der Waals surface area contributed by atoms with Crippen molar-refractivity contribution in [2.45, 2.75) is 25.8 Å². The first-order valence-electron chi connectivity index (χ1n) is 10.0. The SMILES string of the molecule is CN(Cc1ccc2nonc2c1)CC1CCN(CCc2ccc(Cl)cc2)CC1. The second kappa shape index (κ2) is 9.03. The third kappa shape index (κ3) is 5.10. The van der Waals surface area contributed by atoms with Crippen molar-refractivity contribution in [1.29, 1.82) is 0 Å². The van der Waals surface area contributed by atoms with Crippen molar-refractivity contribution in [2.24, 2.45) is 5.92 Å². The van der Waals surface area contributed by atoms with Gasteiger partial charge >= 0.3 is 0 Å². The van der Waals surface area contributed by atoms with E-state index in [4.69, 9.17) is 16.2 Å². The van der Waals surface area contributed by atoms with Gasteiger partial charge in [0.1, 0.15) is 11.0 Å². The van der Waals surface area contributed by atoms with Crippen molar-refractivity contribution in [2.75, 3.05) is 33.2 Å². The maximum atomic E-state index is 5.97. The van der Waals surface area contributed by atoms with Gasteiger partial charge in [0.15, 0.2) is 0 Å². The molecular formula is C22H27ClN4O. The number of hydrogen-bond donors (Lipinski definition) is 0. The van der Waals surface area contributed by atoms with E-state index in [0.717, 1.165) is 48.0 Å². The van der Waals surface area contributed by atoms with Crippen LogP contribution in [-0.4, -0.2) is 53.3 Å². The minimum atomic E-state index is 0.772.